The van der Waals surface area contributed by atoms with E-state index in [0.29, 0.717) is 18.1 Å². The van der Waals surface area contributed by atoms with Gasteiger partial charge in [-0.3, -0.25) is 4.79 Å². The van der Waals surface area contributed by atoms with Crippen LogP contribution in [0.3, 0.4) is 0 Å². The molecule has 0 unspecified atom stereocenters. The Labute approximate surface area is 114 Å². The maximum Gasteiger partial charge on any atom is 0.191 e. The zero-order valence-electron chi connectivity index (χ0n) is 13.4. The second-order valence-corrected chi connectivity index (χ2v) is 12.8. The molecular weight excluding hydrogens is 240 g/mol. The first-order valence-electron chi connectivity index (χ1n) is 7.06. The molecule has 0 N–H and O–H groups in total. The fourth-order valence-electron chi connectivity index (χ4n) is 2.25. The molecule has 0 saturated heterocycles. The third kappa shape index (κ3) is 2.88. The standard InChI is InChI=1S/C15H30O2Si/c1-11-13(16)9-12(15(11,5)6)10-17-18(7,8)14(2,3)4/h11-12H,9-10H2,1-8H3/t11-,12+/m1/s1. The van der Waals surface area contributed by atoms with Crippen LogP contribution >= 0.6 is 0 Å². The average Bonchev–Trinajstić information content (AvgIpc) is 2.37. The number of rotatable bonds is 3. The SMILES string of the molecule is C[C@@H]1C(=O)C[C@@H](CO[Si](C)(C)C(C)(C)C)C1(C)C. The molecule has 0 spiro atoms. The molecule has 18 heavy (non-hydrogen) atoms. The minimum Gasteiger partial charge on any atom is -0.417 e. The van der Waals surface area contributed by atoms with E-state index in [1.807, 2.05) is 0 Å². The quantitative estimate of drug-likeness (QED) is 0.716. The van der Waals surface area contributed by atoms with Crippen molar-refractivity contribution in [3.8, 4) is 0 Å². The maximum atomic E-state index is 11.9. The van der Waals surface area contributed by atoms with Gasteiger partial charge in [0.25, 0.3) is 0 Å². The van der Waals surface area contributed by atoms with E-state index in [9.17, 15) is 4.79 Å². The van der Waals surface area contributed by atoms with Crippen LogP contribution in [0.1, 0.15) is 48.0 Å². The molecule has 0 amide bonds. The topological polar surface area (TPSA) is 26.3 Å². The summed E-state index contributed by atoms with van der Waals surface area (Å²) in [7, 11) is -1.69. The first kappa shape index (κ1) is 15.9. The fraction of sp³-hybridized carbons (Fsp3) is 0.933. The highest BCUT2D eigenvalue weighted by Crippen LogP contribution is 2.46. The van der Waals surface area contributed by atoms with E-state index in [2.05, 4.69) is 54.6 Å². The van der Waals surface area contributed by atoms with Gasteiger partial charge in [0.15, 0.2) is 8.32 Å². The molecule has 3 heteroatoms. The van der Waals surface area contributed by atoms with Crippen molar-refractivity contribution in [2.24, 2.45) is 17.3 Å². The van der Waals surface area contributed by atoms with Crippen molar-refractivity contribution in [3.05, 3.63) is 0 Å². The van der Waals surface area contributed by atoms with Gasteiger partial charge >= 0.3 is 0 Å². The van der Waals surface area contributed by atoms with E-state index < -0.39 is 8.32 Å². The summed E-state index contributed by atoms with van der Waals surface area (Å²) in [5, 5.41) is 0.241. The lowest BCUT2D eigenvalue weighted by Gasteiger charge is -2.39. The number of carbonyl (C=O) groups is 1. The van der Waals surface area contributed by atoms with Crippen LogP contribution in [0.2, 0.25) is 18.1 Å². The van der Waals surface area contributed by atoms with E-state index in [-0.39, 0.29) is 16.4 Å². The van der Waals surface area contributed by atoms with E-state index in [0.717, 1.165) is 6.61 Å². The van der Waals surface area contributed by atoms with Gasteiger partial charge < -0.3 is 4.43 Å². The van der Waals surface area contributed by atoms with Gasteiger partial charge in [-0.1, -0.05) is 41.5 Å². The van der Waals surface area contributed by atoms with Crippen molar-refractivity contribution in [2.75, 3.05) is 6.61 Å². The predicted molar refractivity (Wildman–Crippen MR) is 79.2 cm³/mol. The van der Waals surface area contributed by atoms with Gasteiger partial charge in [0.2, 0.25) is 0 Å². The van der Waals surface area contributed by atoms with Gasteiger partial charge in [0.1, 0.15) is 5.78 Å². The van der Waals surface area contributed by atoms with Gasteiger partial charge in [0, 0.05) is 18.9 Å². The van der Waals surface area contributed by atoms with Crippen molar-refractivity contribution in [3.63, 3.8) is 0 Å². The molecule has 2 nitrogen and oxygen atoms in total. The third-order valence-electron chi connectivity index (χ3n) is 5.55. The Bertz CT molecular complexity index is 326. The summed E-state index contributed by atoms with van der Waals surface area (Å²) < 4.78 is 6.30. The fourth-order valence-corrected chi connectivity index (χ4v) is 3.30. The maximum absolute atomic E-state index is 11.9. The van der Waals surface area contributed by atoms with Gasteiger partial charge in [0.05, 0.1) is 0 Å². The van der Waals surface area contributed by atoms with Crippen molar-refractivity contribution < 1.29 is 9.22 Å². The Morgan fingerprint density at radius 3 is 2.17 bits per heavy atom. The summed E-state index contributed by atoms with van der Waals surface area (Å²) in [5.74, 6) is 0.962. The minimum atomic E-state index is -1.69. The summed E-state index contributed by atoms with van der Waals surface area (Å²) in [5.41, 5.74) is 0.0828. The van der Waals surface area contributed by atoms with Crippen molar-refractivity contribution in [1.82, 2.24) is 0 Å². The van der Waals surface area contributed by atoms with Crippen LogP contribution in [0.15, 0.2) is 0 Å². The number of hydrogen-bond acceptors (Lipinski definition) is 2. The highest BCUT2D eigenvalue weighted by atomic mass is 28.4. The first-order chi connectivity index (χ1) is 7.89. The second-order valence-electron chi connectivity index (χ2n) is 7.98. The zero-order chi connectivity index (χ0) is 14.4. The van der Waals surface area contributed by atoms with E-state index in [4.69, 9.17) is 4.43 Å². The molecule has 0 aliphatic heterocycles. The molecule has 0 bridgehead atoms. The number of carbonyl (C=O) groups excluding carboxylic acids is 1. The third-order valence-corrected chi connectivity index (χ3v) is 10.1. The highest BCUT2D eigenvalue weighted by Gasteiger charge is 2.47. The minimum absolute atomic E-state index is 0.0828. The van der Waals surface area contributed by atoms with Crippen molar-refractivity contribution in [1.29, 1.82) is 0 Å². The largest absolute Gasteiger partial charge is 0.417 e. The predicted octanol–water partition coefficient (Wildman–Crippen LogP) is 4.26. The van der Waals surface area contributed by atoms with Crippen LogP contribution in [-0.4, -0.2) is 20.7 Å². The average molecular weight is 270 g/mol. The molecule has 1 aliphatic carbocycles. The first-order valence-corrected chi connectivity index (χ1v) is 9.97. The smallest absolute Gasteiger partial charge is 0.191 e. The van der Waals surface area contributed by atoms with E-state index in [1.54, 1.807) is 0 Å². The van der Waals surface area contributed by atoms with Crippen LogP contribution in [0.5, 0.6) is 0 Å². The van der Waals surface area contributed by atoms with Crippen LogP contribution in [-0.2, 0) is 9.22 Å². The van der Waals surface area contributed by atoms with Gasteiger partial charge in [-0.25, -0.2) is 0 Å². The highest BCUT2D eigenvalue weighted by molar-refractivity contribution is 6.74. The molecular formula is C15H30O2Si. The Morgan fingerprint density at radius 1 is 1.33 bits per heavy atom. The molecule has 1 saturated carbocycles. The van der Waals surface area contributed by atoms with Crippen molar-refractivity contribution in [2.45, 2.75) is 66.1 Å². The lowest BCUT2D eigenvalue weighted by molar-refractivity contribution is -0.121. The van der Waals surface area contributed by atoms with Crippen LogP contribution in [0, 0.1) is 17.3 Å². The summed E-state index contributed by atoms with van der Waals surface area (Å²) in [6, 6.07) is 0. The monoisotopic (exact) mass is 270 g/mol. The van der Waals surface area contributed by atoms with Crippen LogP contribution < -0.4 is 0 Å². The molecule has 1 fully saturated rings. The molecule has 1 aliphatic rings. The molecule has 0 radical (unpaired) electrons. The molecule has 0 aromatic heterocycles. The Balaban J connectivity index is 2.68. The van der Waals surface area contributed by atoms with Gasteiger partial charge in [-0.15, -0.1) is 0 Å². The summed E-state index contributed by atoms with van der Waals surface area (Å²) in [6.07, 6.45) is 0.697. The Kier molecular flexibility index (Phi) is 4.20. The lowest BCUT2D eigenvalue weighted by atomic mass is 9.76. The molecule has 106 valence electrons. The Morgan fingerprint density at radius 2 is 1.83 bits per heavy atom. The number of Topliss-reactive ketones (excluding diaryl/α,β-unsaturated/α-hetero) is 1. The van der Waals surface area contributed by atoms with Gasteiger partial charge in [-0.2, -0.15) is 0 Å². The van der Waals surface area contributed by atoms with E-state index in [1.165, 1.54) is 0 Å². The number of hydrogen-bond donors (Lipinski definition) is 0. The second kappa shape index (κ2) is 4.75. The zero-order valence-corrected chi connectivity index (χ0v) is 14.4. The molecule has 0 aromatic rings. The Hall–Kier alpha value is -0.153. The van der Waals surface area contributed by atoms with E-state index >= 15 is 0 Å². The van der Waals surface area contributed by atoms with Crippen molar-refractivity contribution >= 4 is 14.1 Å². The van der Waals surface area contributed by atoms with Crippen LogP contribution in [0.4, 0.5) is 0 Å². The summed E-state index contributed by atoms with van der Waals surface area (Å²) in [4.78, 5) is 11.9. The number of ketones is 1. The normalized spacial score (nSPS) is 28.8. The molecule has 1 rings (SSSR count). The van der Waals surface area contributed by atoms with Crippen LogP contribution in [0.25, 0.3) is 0 Å². The molecule has 0 aromatic carbocycles. The van der Waals surface area contributed by atoms with Gasteiger partial charge in [-0.05, 0) is 29.5 Å². The molecule has 0 heterocycles. The summed E-state index contributed by atoms with van der Waals surface area (Å²) >= 11 is 0. The molecule has 2 atom stereocenters. The lowest BCUT2D eigenvalue weighted by Crippen LogP contribution is -2.43. The summed E-state index contributed by atoms with van der Waals surface area (Å²) in [6.45, 7) is 18.6.